The fourth-order valence-electron chi connectivity index (χ4n) is 18.7. The Balaban J connectivity index is 0.000000135. The van der Waals surface area contributed by atoms with Crippen molar-refractivity contribution >= 4 is 195 Å². The molecule has 0 saturated carbocycles. The van der Waals surface area contributed by atoms with Gasteiger partial charge in [0.1, 0.15) is 22.3 Å². The van der Waals surface area contributed by atoms with Gasteiger partial charge in [0, 0.05) is 32.3 Å². The van der Waals surface area contributed by atoms with Crippen LogP contribution in [-0.2, 0) is 0 Å². The van der Waals surface area contributed by atoms with E-state index in [4.69, 9.17) is 15.7 Å². The molecule has 24 aromatic carbocycles. The first kappa shape index (κ1) is 49.4. The molecule has 0 bridgehead atoms. The Bertz CT molecular complexity index is 9140. The zero-order valence-electron chi connectivity index (χ0n) is 70.5. The molecule has 26 rings (SSSR count). The first-order valence-electron chi connectivity index (χ1n) is 43.2. The molecule has 0 spiro atoms. The van der Waals surface area contributed by atoms with Crippen LogP contribution >= 0.6 is 0 Å². The first-order chi connectivity index (χ1) is 59.5. The minimum atomic E-state index is -0.538. The van der Waals surface area contributed by atoms with Gasteiger partial charge in [-0.15, -0.1) is 0 Å². The zero-order chi connectivity index (χ0) is 82.0. The van der Waals surface area contributed by atoms with Crippen molar-refractivity contribution in [1.82, 2.24) is 0 Å². The summed E-state index contributed by atoms with van der Waals surface area (Å²) in [5.41, 5.74) is 9.67. The number of fused-ring (bicyclic) bond motifs is 10. The number of rotatable bonds is 6. The fraction of sp³-hybridized carbons (Fsp3) is 0. The highest BCUT2D eigenvalue weighted by molar-refractivity contribution is 6.31. The van der Waals surface area contributed by atoms with E-state index in [2.05, 4.69) is 249 Å². The van der Waals surface area contributed by atoms with Gasteiger partial charge in [-0.1, -0.05) is 315 Å². The van der Waals surface area contributed by atoms with Gasteiger partial charge < -0.3 is 8.83 Å². The van der Waals surface area contributed by atoms with Crippen molar-refractivity contribution in [1.29, 1.82) is 0 Å². The summed E-state index contributed by atoms with van der Waals surface area (Å²) in [4.78, 5) is 0. The van der Waals surface area contributed by atoms with Gasteiger partial charge in [0.25, 0.3) is 0 Å². The van der Waals surface area contributed by atoms with E-state index in [0.717, 1.165) is 158 Å². The summed E-state index contributed by atoms with van der Waals surface area (Å²) in [6.45, 7) is 0. The maximum atomic E-state index is 10.4. The smallest absolute Gasteiger partial charge is 0.143 e. The van der Waals surface area contributed by atoms with Gasteiger partial charge in [-0.3, -0.25) is 0 Å². The lowest BCUT2D eigenvalue weighted by atomic mass is 9.84. The lowest BCUT2D eigenvalue weighted by molar-refractivity contribution is 0.672. The molecule has 2 heterocycles. The average molecular weight is 1400 g/mol. The maximum Gasteiger partial charge on any atom is 0.143 e. The van der Waals surface area contributed by atoms with Gasteiger partial charge in [0.2, 0.25) is 0 Å². The van der Waals surface area contributed by atoms with Crippen LogP contribution in [0, 0.1) is 0 Å². The van der Waals surface area contributed by atoms with Crippen molar-refractivity contribution in [2.24, 2.45) is 0 Å². The lowest BCUT2D eigenvalue weighted by Gasteiger charge is -2.19. The summed E-state index contributed by atoms with van der Waals surface area (Å²) in [6.07, 6.45) is 0. The number of furan rings is 2. The molecule has 2 heteroatoms. The molecule has 0 saturated heterocycles. The van der Waals surface area contributed by atoms with E-state index in [0.29, 0.717) is 22.3 Å². The molecule has 2 aromatic heterocycles. The Morgan fingerprint density at radius 1 is 0.173 bits per heavy atom. The zero-order valence-corrected chi connectivity index (χ0v) is 58.5. The third-order valence-electron chi connectivity index (χ3n) is 23.7. The van der Waals surface area contributed by atoms with Crippen LogP contribution in [-0.4, -0.2) is 0 Å². The highest BCUT2D eigenvalue weighted by atomic mass is 16.3. The van der Waals surface area contributed by atoms with Gasteiger partial charge in [-0.2, -0.15) is 0 Å². The molecule has 0 aliphatic rings. The van der Waals surface area contributed by atoms with E-state index in [1.54, 1.807) is 0 Å². The Labute approximate surface area is 646 Å². The van der Waals surface area contributed by atoms with Gasteiger partial charge in [0.15, 0.2) is 0 Å². The van der Waals surface area contributed by atoms with Gasteiger partial charge in [-0.25, -0.2) is 0 Å². The highest BCUT2D eigenvalue weighted by Crippen LogP contribution is 2.51. The van der Waals surface area contributed by atoms with Crippen LogP contribution in [0.5, 0.6) is 0 Å². The molecule has 0 aliphatic heterocycles. The number of hydrogen-bond donors (Lipinski definition) is 0. The topological polar surface area (TPSA) is 26.3 Å². The average Bonchev–Trinajstić information content (AvgIpc) is 1.49. The SMILES string of the molecule is [2H]c1c(-c2ccc(-c3ccc4ccc5cccc6ccc3c4c56)cc2-c2ccc3ccc4cccc5ccc2c3c45)c([2H])c2c(oc3c4c([2H])c([2H])c([2H])c([2H])c4c([2H])c([2H])c32)c1[2H].[2H]c1c([2H])c(-c2ccc3oc4c5ccccc5ccc4c3c2)c(-c2ccc3ccc4cccc5ccc2c3c45)c([2H])c1-c1ccc2ccc3cccc4ccc1c2c34. The summed E-state index contributed by atoms with van der Waals surface area (Å²) in [5.74, 6) is 0. The van der Waals surface area contributed by atoms with Crippen LogP contribution < -0.4 is 0 Å². The third-order valence-corrected chi connectivity index (χ3v) is 23.7. The predicted molar refractivity (Wildman–Crippen MR) is 470 cm³/mol. The third kappa shape index (κ3) is 8.59. The summed E-state index contributed by atoms with van der Waals surface area (Å²) in [7, 11) is 0. The second kappa shape index (κ2) is 22.6. The molecule has 0 atom stereocenters. The van der Waals surface area contributed by atoms with Crippen LogP contribution in [0.2, 0.25) is 0 Å². The van der Waals surface area contributed by atoms with Crippen molar-refractivity contribution in [3.8, 4) is 66.8 Å². The van der Waals surface area contributed by atoms with Crippen LogP contribution in [0.15, 0.2) is 373 Å². The van der Waals surface area contributed by atoms with E-state index in [9.17, 15) is 9.60 Å². The second-order valence-corrected chi connectivity index (χ2v) is 29.4. The quantitative estimate of drug-likeness (QED) is 0.155. The van der Waals surface area contributed by atoms with Crippen molar-refractivity contribution in [3.05, 3.63) is 364 Å². The van der Waals surface area contributed by atoms with E-state index in [-0.39, 0.29) is 80.6 Å². The van der Waals surface area contributed by atoms with Crippen molar-refractivity contribution in [3.63, 3.8) is 0 Å². The minimum absolute atomic E-state index is 0.00757. The Kier molecular flexibility index (Phi) is 10.1. The van der Waals surface area contributed by atoms with Crippen LogP contribution in [0.1, 0.15) is 16.4 Å². The van der Waals surface area contributed by atoms with Crippen LogP contribution in [0.25, 0.3) is 261 Å². The van der Waals surface area contributed by atoms with Gasteiger partial charge in [-0.05, 0) is 255 Å². The summed E-state index contributed by atoms with van der Waals surface area (Å²) in [6, 6.07) is 98.3. The summed E-state index contributed by atoms with van der Waals surface area (Å²) in [5, 5.41) is 30.9. The Hall–Kier alpha value is -14.4. The summed E-state index contributed by atoms with van der Waals surface area (Å²) >= 11 is 0. The van der Waals surface area contributed by atoms with E-state index < -0.39 is 30.2 Å². The molecule has 110 heavy (non-hydrogen) atoms. The van der Waals surface area contributed by atoms with Crippen molar-refractivity contribution < 1.29 is 25.3 Å². The normalized spacial score (nSPS) is 13.9. The lowest BCUT2D eigenvalue weighted by Crippen LogP contribution is -1.92. The molecule has 26 aromatic rings. The molecule has 0 aliphatic carbocycles. The highest BCUT2D eigenvalue weighted by Gasteiger charge is 2.24. The van der Waals surface area contributed by atoms with Crippen LogP contribution in [0.4, 0.5) is 0 Å². The van der Waals surface area contributed by atoms with Gasteiger partial charge >= 0.3 is 0 Å². The maximum absolute atomic E-state index is 10.4. The monoisotopic (exact) mass is 1400 g/mol. The molecule has 2 nitrogen and oxygen atoms in total. The standard InChI is InChI=1S/2C54H30O/c2*1-2-10-42-31(5-1)15-27-46-48-30-39(21-28-49(48)55-54(42)46)41-23-20-38(40-22-16-36-13-11-32-6-3-8-34-18-25-44(40)52(36)50(32)34)29-47(41)43-24-17-37-14-12-33-7-4-9-35-19-26-45(43)53(37)51(33)35/h2*1-30H/i1D,2D,5D,10D,15D,21D,27D,28D,30D;20D,23D,29D. The van der Waals surface area contributed by atoms with Crippen LogP contribution in [0.3, 0.4) is 0 Å². The molecular formula is C108H60O2. The van der Waals surface area contributed by atoms with E-state index in [1.165, 1.54) is 43.1 Å². The molecular weight excluding hydrogens is 1330 g/mol. The Morgan fingerprint density at radius 2 is 0.582 bits per heavy atom. The second-order valence-electron chi connectivity index (χ2n) is 29.4. The molecule has 0 amide bonds. The molecule has 0 fully saturated rings. The van der Waals surface area contributed by atoms with E-state index >= 15 is 0 Å². The predicted octanol–water partition coefficient (Wildman–Crippen LogP) is 31.1. The number of hydrogen-bond acceptors (Lipinski definition) is 2. The fourth-order valence-corrected chi connectivity index (χ4v) is 18.7. The Morgan fingerprint density at radius 3 is 1.16 bits per heavy atom. The van der Waals surface area contributed by atoms with Crippen molar-refractivity contribution in [2.75, 3.05) is 0 Å². The van der Waals surface area contributed by atoms with Crippen molar-refractivity contribution in [2.45, 2.75) is 0 Å². The molecule has 0 N–H and O–H groups in total. The molecule has 504 valence electrons. The number of benzene rings is 24. The summed E-state index contributed by atoms with van der Waals surface area (Å²) < 4.78 is 124. The largest absolute Gasteiger partial charge is 0.455 e. The molecule has 0 unspecified atom stereocenters. The van der Waals surface area contributed by atoms with Gasteiger partial charge in [0.05, 0.1) is 16.4 Å². The molecule has 0 radical (unpaired) electrons. The minimum Gasteiger partial charge on any atom is -0.455 e. The van der Waals surface area contributed by atoms with E-state index in [1.807, 2.05) is 42.5 Å². The first-order valence-corrected chi connectivity index (χ1v) is 37.2.